The maximum absolute atomic E-state index is 13.6. The van der Waals surface area contributed by atoms with Crippen LogP contribution in [0, 0.1) is 5.82 Å². The van der Waals surface area contributed by atoms with Crippen LogP contribution < -0.4 is 5.32 Å². The molecule has 6 heteroatoms. The molecule has 0 saturated carbocycles. The van der Waals surface area contributed by atoms with Crippen molar-refractivity contribution in [2.45, 2.75) is 13.5 Å². The Morgan fingerprint density at radius 2 is 1.62 bits per heavy atom. The summed E-state index contributed by atoms with van der Waals surface area (Å²) in [5, 5.41) is 4.26. The van der Waals surface area contributed by atoms with Crippen molar-refractivity contribution in [3.63, 3.8) is 0 Å². The fourth-order valence-corrected chi connectivity index (χ4v) is 3.02. The van der Waals surface area contributed by atoms with Crippen molar-refractivity contribution in [1.82, 2.24) is 5.32 Å². The molecule has 2 aromatic carbocycles. The monoisotopic (exact) mass is 365 g/mol. The van der Waals surface area contributed by atoms with E-state index >= 15 is 0 Å². The van der Waals surface area contributed by atoms with E-state index in [0.717, 1.165) is 12.1 Å². The molecule has 1 nitrogen and oxygen atoms in total. The van der Waals surface area contributed by atoms with Crippen LogP contribution >= 0.6 is 46.4 Å². The summed E-state index contributed by atoms with van der Waals surface area (Å²) >= 11 is 24.6. The number of rotatable bonds is 4. The molecular weight excluding hydrogens is 355 g/mol. The molecule has 0 aromatic heterocycles. The van der Waals surface area contributed by atoms with Gasteiger partial charge >= 0.3 is 0 Å². The number of benzene rings is 2. The van der Waals surface area contributed by atoms with Gasteiger partial charge in [0.25, 0.3) is 0 Å². The second kappa shape index (κ2) is 7.17. The van der Waals surface area contributed by atoms with Crippen LogP contribution in [0.15, 0.2) is 24.3 Å². The molecule has 2 aromatic rings. The number of hydrogen-bond acceptors (Lipinski definition) is 1. The standard InChI is InChI=1S/C15H12Cl4FN/c1-2-21-7-8-3-4-9(20)5-10(8)13-14(18)11(16)6-12(17)15(13)19/h3-6,21H,2,7H2,1H3. The first kappa shape index (κ1) is 16.9. The van der Waals surface area contributed by atoms with Crippen LogP contribution in [0.5, 0.6) is 0 Å². The van der Waals surface area contributed by atoms with Crippen LogP contribution in [0.25, 0.3) is 11.1 Å². The largest absolute Gasteiger partial charge is 0.313 e. The molecule has 0 radical (unpaired) electrons. The number of nitrogens with one attached hydrogen (secondary N) is 1. The summed E-state index contributed by atoms with van der Waals surface area (Å²) in [7, 11) is 0. The lowest BCUT2D eigenvalue weighted by Gasteiger charge is -2.15. The molecule has 0 amide bonds. The van der Waals surface area contributed by atoms with Gasteiger partial charge in [0, 0.05) is 12.1 Å². The van der Waals surface area contributed by atoms with Crippen molar-refractivity contribution in [3.05, 3.63) is 55.7 Å². The molecule has 112 valence electrons. The molecule has 0 spiro atoms. The van der Waals surface area contributed by atoms with E-state index < -0.39 is 0 Å². The van der Waals surface area contributed by atoms with Crippen molar-refractivity contribution < 1.29 is 4.39 Å². The Bertz CT molecular complexity index is 647. The average molecular weight is 367 g/mol. The maximum Gasteiger partial charge on any atom is 0.123 e. The number of halogens is 5. The molecule has 2 rings (SSSR count). The minimum Gasteiger partial charge on any atom is -0.313 e. The lowest BCUT2D eigenvalue weighted by atomic mass is 9.99. The zero-order chi connectivity index (χ0) is 15.6. The van der Waals surface area contributed by atoms with Gasteiger partial charge in [0.1, 0.15) is 5.82 Å². The van der Waals surface area contributed by atoms with Gasteiger partial charge in [-0.05, 0) is 35.9 Å². The molecule has 0 bridgehead atoms. The number of hydrogen-bond donors (Lipinski definition) is 1. The van der Waals surface area contributed by atoms with Gasteiger partial charge in [-0.3, -0.25) is 0 Å². The van der Waals surface area contributed by atoms with E-state index in [4.69, 9.17) is 46.4 Å². The summed E-state index contributed by atoms with van der Waals surface area (Å²) in [6.07, 6.45) is 0. The predicted octanol–water partition coefficient (Wildman–Crippen LogP) is 6.22. The first-order valence-electron chi connectivity index (χ1n) is 6.28. The van der Waals surface area contributed by atoms with E-state index in [0.29, 0.717) is 17.7 Å². The van der Waals surface area contributed by atoms with Crippen LogP contribution in [0.1, 0.15) is 12.5 Å². The zero-order valence-electron chi connectivity index (χ0n) is 11.1. The van der Waals surface area contributed by atoms with Crippen molar-refractivity contribution >= 4 is 46.4 Å². The van der Waals surface area contributed by atoms with Gasteiger partial charge < -0.3 is 5.32 Å². The zero-order valence-corrected chi connectivity index (χ0v) is 14.1. The van der Waals surface area contributed by atoms with Gasteiger partial charge in [0.2, 0.25) is 0 Å². The third-order valence-electron chi connectivity index (χ3n) is 3.02. The second-order valence-corrected chi connectivity index (χ2v) is 6.00. The Balaban J connectivity index is 2.68. The van der Waals surface area contributed by atoms with E-state index in [1.54, 1.807) is 6.07 Å². The van der Waals surface area contributed by atoms with E-state index in [1.807, 2.05) is 6.92 Å². The average Bonchev–Trinajstić information content (AvgIpc) is 2.45. The van der Waals surface area contributed by atoms with Gasteiger partial charge in [-0.25, -0.2) is 4.39 Å². The normalized spacial score (nSPS) is 11.0. The predicted molar refractivity (Wildman–Crippen MR) is 89.3 cm³/mol. The fraction of sp³-hybridized carbons (Fsp3) is 0.200. The summed E-state index contributed by atoms with van der Waals surface area (Å²) in [6.45, 7) is 3.33. The van der Waals surface area contributed by atoms with Gasteiger partial charge in [-0.2, -0.15) is 0 Å². The summed E-state index contributed by atoms with van der Waals surface area (Å²) in [4.78, 5) is 0. The van der Waals surface area contributed by atoms with E-state index in [9.17, 15) is 4.39 Å². The van der Waals surface area contributed by atoms with Gasteiger partial charge in [0.15, 0.2) is 0 Å². The molecule has 0 saturated heterocycles. The van der Waals surface area contributed by atoms with Gasteiger partial charge in [-0.15, -0.1) is 0 Å². The van der Waals surface area contributed by atoms with Crippen molar-refractivity contribution in [3.8, 4) is 11.1 Å². The van der Waals surface area contributed by atoms with E-state index in [-0.39, 0.29) is 25.9 Å². The highest BCUT2D eigenvalue weighted by Gasteiger charge is 2.18. The third kappa shape index (κ3) is 3.64. The molecule has 0 heterocycles. The molecule has 0 aliphatic heterocycles. The highest BCUT2D eigenvalue weighted by atomic mass is 35.5. The van der Waals surface area contributed by atoms with Gasteiger partial charge in [0.05, 0.1) is 20.1 Å². The lowest BCUT2D eigenvalue weighted by molar-refractivity contribution is 0.626. The minimum atomic E-state index is -0.381. The first-order chi connectivity index (χ1) is 9.95. The molecule has 0 unspecified atom stereocenters. The summed E-state index contributed by atoms with van der Waals surface area (Å²) in [6, 6.07) is 5.94. The first-order valence-corrected chi connectivity index (χ1v) is 7.79. The van der Waals surface area contributed by atoms with Crippen LogP contribution in [-0.2, 0) is 6.54 Å². The van der Waals surface area contributed by atoms with Crippen LogP contribution in [-0.4, -0.2) is 6.54 Å². The summed E-state index contributed by atoms with van der Waals surface area (Å²) < 4.78 is 13.6. The lowest BCUT2D eigenvalue weighted by Crippen LogP contribution is -2.12. The Labute approximate surface area is 143 Å². The van der Waals surface area contributed by atoms with Crippen LogP contribution in [0.3, 0.4) is 0 Å². The van der Waals surface area contributed by atoms with Crippen molar-refractivity contribution in [2.75, 3.05) is 6.54 Å². The second-order valence-electron chi connectivity index (χ2n) is 4.42. The molecule has 1 N–H and O–H groups in total. The highest BCUT2D eigenvalue weighted by molar-refractivity contribution is 6.50. The molecule has 0 aliphatic rings. The smallest absolute Gasteiger partial charge is 0.123 e. The minimum absolute atomic E-state index is 0.259. The molecular formula is C15H12Cl4FN. The molecule has 0 fully saturated rings. The Hall–Kier alpha value is -0.510. The third-order valence-corrected chi connectivity index (χ3v) is 4.59. The fourth-order valence-electron chi connectivity index (χ4n) is 2.00. The van der Waals surface area contributed by atoms with E-state index in [1.165, 1.54) is 18.2 Å². The summed E-state index contributed by atoms with van der Waals surface area (Å²) in [5.74, 6) is -0.381. The maximum atomic E-state index is 13.6. The Kier molecular flexibility index (Phi) is 5.75. The SMILES string of the molecule is CCNCc1ccc(F)cc1-c1c(Cl)c(Cl)cc(Cl)c1Cl. The highest BCUT2D eigenvalue weighted by Crippen LogP contribution is 2.44. The quantitative estimate of drug-likeness (QED) is 0.633. The van der Waals surface area contributed by atoms with Gasteiger partial charge in [-0.1, -0.05) is 59.4 Å². The summed E-state index contributed by atoms with van der Waals surface area (Å²) in [5.41, 5.74) is 1.89. The van der Waals surface area contributed by atoms with E-state index in [2.05, 4.69) is 5.32 Å². The molecule has 0 atom stereocenters. The Morgan fingerprint density at radius 3 is 2.19 bits per heavy atom. The topological polar surface area (TPSA) is 12.0 Å². The Morgan fingerprint density at radius 1 is 1.00 bits per heavy atom. The van der Waals surface area contributed by atoms with Crippen LogP contribution in [0.4, 0.5) is 4.39 Å². The molecule has 0 aliphatic carbocycles. The van der Waals surface area contributed by atoms with Crippen LogP contribution in [0.2, 0.25) is 20.1 Å². The molecule has 21 heavy (non-hydrogen) atoms. The van der Waals surface area contributed by atoms with Crippen molar-refractivity contribution in [1.29, 1.82) is 0 Å². The van der Waals surface area contributed by atoms with Crippen molar-refractivity contribution in [2.24, 2.45) is 0 Å².